The van der Waals surface area contributed by atoms with E-state index in [9.17, 15) is 17.6 Å². The van der Waals surface area contributed by atoms with Gasteiger partial charge in [0.1, 0.15) is 0 Å². The van der Waals surface area contributed by atoms with Crippen LogP contribution < -0.4 is 4.74 Å². The van der Waals surface area contributed by atoms with E-state index in [-0.39, 0.29) is 5.39 Å². The van der Waals surface area contributed by atoms with Crippen molar-refractivity contribution in [3.05, 3.63) is 41.7 Å². The summed E-state index contributed by atoms with van der Waals surface area (Å²) in [6.45, 7) is 5.55. The van der Waals surface area contributed by atoms with Crippen molar-refractivity contribution in [2.75, 3.05) is 0 Å². The van der Waals surface area contributed by atoms with Crippen LogP contribution in [0, 0.1) is 5.82 Å². The van der Waals surface area contributed by atoms with Crippen LogP contribution in [-0.2, 0) is 5.41 Å². The molecular weight excluding hydrogens is 272 g/mol. The fourth-order valence-corrected chi connectivity index (χ4v) is 2.16. The van der Waals surface area contributed by atoms with Gasteiger partial charge in [-0.2, -0.15) is 0 Å². The Morgan fingerprint density at radius 3 is 2.15 bits per heavy atom. The number of benzene rings is 2. The zero-order valence-corrected chi connectivity index (χ0v) is 11.3. The highest BCUT2D eigenvalue weighted by atomic mass is 19.4. The summed E-state index contributed by atoms with van der Waals surface area (Å²) in [5.74, 6) is -1.79. The smallest absolute Gasteiger partial charge is 0.402 e. The Hall–Kier alpha value is -1.78. The molecule has 2 rings (SSSR count). The summed E-state index contributed by atoms with van der Waals surface area (Å²) in [5, 5.41) is 0.676. The lowest BCUT2D eigenvalue weighted by Crippen LogP contribution is -2.19. The highest BCUT2D eigenvalue weighted by Gasteiger charge is 2.34. The van der Waals surface area contributed by atoms with Crippen LogP contribution in [0.25, 0.3) is 10.8 Å². The first-order chi connectivity index (χ1) is 9.09. The monoisotopic (exact) mass is 286 g/mol. The van der Waals surface area contributed by atoms with Gasteiger partial charge in [0, 0.05) is 5.39 Å². The lowest BCUT2D eigenvalue weighted by molar-refractivity contribution is -0.275. The Labute approximate surface area is 114 Å². The predicted octanol–water partition coefficient (Wildman–Crippen LogP) is 5.18. The number of ether oxygens (including phenoxy) is 1. The van der Waals surface area contributed by atoms with Crippen LogP contribution in [0.2, 0.25) is 0 Å². The van der Waals surface area contributed by atoms with Gasteiger partial charge in [0.05, 0.1) is 0 Å². The first-order valence-corrected chi connectivity index (χ1v) is 6.07. The van der Waals surface area contributed by atoms with Crippen molar-refractivity contribution >= 4 is 10.8 Å². The van der Waals surface area contributed by atoms with Crippen molar-refractivity contribution in [3.8, 4) is 5.75 Å². The van der Waals surface area contributed by atoms with Crippen LogP contribution in [0.15, 0.2) is 30.3 Å². The lowest BCUT2D eigenvalue weighted by Gasteiger charge is -2.23. The number of hydrogen-bond acceptors (Lipinski definition) is 1. The Morgan fingerprint density at radius 1 is 0.950 bits per heavy atom. The molecular formula is C15H14F4O. The Kier molecular flexibility index (Phi) is 3.40. The normalized spacial score (nSPS) is 12.8. The van der Waals surface area contributed by atoms with Crippen LogP contribution in [0.3, 0.4) is 0 Å². The van der Waals surface area contributed by atoms with E-state index in [2.05, 4.69) is 4.74 Å². The summed E-state index contributed by atoms with van der Waals surface area (Å²) in [6, 6.07) is 7.48. The molecule has 0 saturated heterocycles. The van der Waals surface area contributed by atoms with E-state index in [4.69, 9.17) is 0 Å². The van der Waals surface area contributed by atoms with Gasteiger partial charge in [0.15, 0.2) is 11.6 Å². The Morgan fingerprint density at radius 2 is 1.60 bits per heavy atom. The molecule has 0 radical (unpaired) electrons. The molecule has 0 N–H and O–H groups in total. The number of fused-ring (bicyclic) bond motifs is 1. The van der Waals surface area contributed by atoms with E-state index < -0.39 is 23.3 Å². The molecule has 0 bridgehead atoms. The minimum Gasteiger partial charge on any atom is -0.402 e. The van der Waals surface area contributed by atoms with E-state index >= 15 is 0 Å². The van der Waals surface area contributed by atoms with E-state index in [0.717, 1.165) is 6.07 Å². The zero-order valence-electron chi connectivity index (χ0n) is 11.3. The molecule has 20 heavy (non-hydrogen) atoms. The largest absolute Gasteiger partial charge is 0.573 e. The van der Waals surface area contributed by atoms with Crippen molar-refractivity contribution < 1.29 is 22.3 Å². The van der Waals surface area contributed by atoms with Gasteiger partial charge in [0.2, 0.25) is 0 Å². The summed E-state index contributed by atoms with van der Waals surface area (Å²) in [4.78, 5) is 0. The topological polar surface area (TPSA) is 9.23 Å². The second kappa shape index (κ2) is 4.65. The molecule has 0 spiro atoms. The maximum atomic E-state index is 13.8. The third-order valence-corrected chi connectivity index (χ3v) is 2.98. The molecule has 0 aromatic heterocycles. The van der Waals surface area contributed by atoms with Gasteiger partial charge >= 0.3 is 6.36 Å². The second-order valence-corrected chi connectivity index (χ2v) is 5.58. The number of hydrogen-bond donors (Lipinski definition) is 0. The van der Waals surface area contributed by atoms with Crippen LogP contribution in [0.4, 0.5) is 17.6 Å². The third kappa shape index (κ3) is 2.86. The summed E-state index contributed by atoms with van der Waals surface area (Å²) in [7, 11) is 0. The van der Waals surface area contributed by atoms with Crippen molar-refractivity contribution in [2.24, 2.45) is 0 Å². The maximum absolute atomic E-state index is 13.8. The van der Waals surface area contributed by atoms with Crippen LogP contribution >= 0.6 is 0 Å². The van der Waals surface area contributed by atoms with Crippen LogP contribution in [-0.4, -0.2) is 6.36 Å². The molecule has 108 valence electrons. The van der Waals surface area contributed by atoms with Gasteiger partial charge in [-0.25, -0.2) is 4.39 Å². The molecule has 0 fully saturated rings. The van der Waals surface area contributed by atoms with Gasteiger partial charge in [-0.3, -0.25) is 0 Å². The number of rotatable bonds is 1. The molecule has 1 nitrogen and oxygen atoms in total. The fourth-order valence-electron chi connectivity index (χ4n) is 2.16. The fraction of sp³-hybridized carbons (Fsp3) is 0.333. The summed E-state index contributed by atoms with van der Waals surface area (Å²) < 4.78 is 55.2. The Balaban J connectivity index is 2.81. The molecule has 0 saturated carbocycles. The van der Waals surface area contributed by atoms with Crippen molar-refractivity contribution in [1.29, 1.82) is 0 Å². The van der Waals surface area contributed by atoms with Crippen molar-refractivity contribution in [1.82, 2.24) is 0 Å². The number of alkyl halides is 3. The average Bonchev–Trinajstić information content (AvgIpc) is 2.29. The van der Waals surface area contributed by atoms with Gasteiger partial charge in [-0.05, 0) is 22.4 Å². The third-order valence-electron chi connectivity index (χ3n) is 2.98. The standard InChI is InChI=1S/C15H14F4O/c1-14(2,3)10-6-4-5-9-7-8-11(16)13(12(9)10)20-15(17,18)19/h4-8H,1-3H3. The van der Waals surface area contributed by atoms with E-state index in [0.29, 0.717) is 10.9 Å². The van der Waals surface area contributed by atoms with E-state index in [1.165, 1.54) is 6.07 Å². The molecule has 0 aliphatic carbocycles. The quantitative estimate of drug-likeness (QED) is 0.657. The van der Waals surface area contributed by atoms with Crippen molar-refractivity contribution in [3.63, 3.8) is 0 Å². The Bertz CT molecular complexity index is 639. The minimum absolute atomic E-state index is 0.164. The summed E-state index contributed by atoms with van der Waals surface area (Å²) in [6.07, 6.45) is -4.93. The van der Waals surface area contributed by atoms with Gasteiger partial charge in [-0.1, -0.05) is 45.0 Å². The molecule has 2 aromatic rings. The SMILES string of the molecule is CC(C)(C)c1cccc2ccc(F)c(OC(F)(F)F)c12. The van der Waals surface area contributed by atoms with Crippen molar-refractivity contribution in [2.45, 2.75) is 32.5 Å². The number of halogens is 4. The zero-order chi connectivity index (χ0) is 15.1. The highest BCUT2D eigenvalue weighted by Crippen LogP contribution is 2.39. The molecule has 0 heterocycles. The van der Waals surface area contributed by atoms with Crippen LogP contribution in [0.5, 0.6) is 5.75 Å². The lowest BCUT2D eigenvalue weighted by atomic mass is 9.83. The van der Waals surface area contributed by atoms with E-state index in [1.807, 2.05) is 20.8 Å². The molecule has 5 heteroatoms. The van der Waals surface area contributed by atoms with Gasteiger partial charge < -0.3 is 4.74 Å². The first kappa shape index (κ1) is 14.6. The van der Waals surface area contributed by atoms with Crippen LogP contribution in [0.1, 0.15) is 26.3 Å². The predicted molar refractivity (Wildman–Crippen MR) is 69.3 cm³/mol. The maximum Gasteiger partial charge on any atom is 0.573 e. The molecule has 0 aliphatic heterocycles. The van der Waals surface area contributed by atoms with E-state index in [1.54, 1.807) is 18.2 Å². The highest BCUT2D eigenvalue weighted by molar-refractivity contribution is 5.92. The summed E-state index contributed by atoms with van der Waals surface area (Å²) in [5.41, 5.74) is 0.172. The molecule has 0 unspecified atom stereocenters. The molecule has 2 aromatic carbocycles. The minimum atomic E-state index is -4.93. The molecule has 0 amide bonds. The molecule has 0 atom stereocenters. The first-order valence-electron chi connectivity index (χ1n) is 6.07. The summed E-state index contributed by atoms with van der Waals surface area (Å²) >= 11 is 0. The van der Waals surface area contributed by atoms with Gasteiger partial charge in [-0.15, -0.1) is 13.2 Å². The second-order valence-electron chi connectivity index (χ2n) is 5.58. The average molecular weight is 286 g/mol. The molecule has 0 aliphatic rings. The van der Waals surface area contributed by atoms with Gasteiger partial charge in [0.25, 0.3) is 0 Å².